The summed E-state index contributed by atoms with van der Waals surface area (Å²) in [6, 6.07) is 18.3. The van der Waals surface area contributed by atoms with Crippen LogP contribution in [0.5, 0.6) is 0 Å². The van der Waals surface area contributed by atoms with Crippen molar-refractivity contribution in [2.24, 2.45) is 17.6 Å². The number of ether oxygens (including phenoxy) is 1. The highest BCUT2D eigenvalue weighted by atomic mass is 35.5. The van der Waals surface area contributed by atoms with Gasteiger partial charge in [-0.25, -0.2) is 4.79 Å². The first kappa shape index (κ1) is 30.6. The first-order valence-electron chi connectivity index (χ1n) is 13.8. The minimum absolute atomic E-state index is 0.0520. The average Bonchev–Trinajstić information content (AvgIpc) is 3.28. The van der Waals surface area contributed by atoms with E-state index in [0.29, 0.717) is 32.2 Å². The van der Waals surface area contributed by atoms with Gasteiger partial charge in [0.2, 0.25) is 23.5 Å². The summed E-state index contributed by atoms with van der Waals surface area (Å²) in [5.74, 6) is -6.80. The highest BCUT2D eigenvalue weighted by Gasteiger charge is 2.74. The number of nitrogens with two attached hydrogens (primary N) is 1. The van der Waals surface area contributed by atoms with Gasteiger partial charge in [-0.1, -0.05) is 60.1 Å². The molecule has 1 aliphatic heterocycles. The number of likely N-dealkylation sites (tertiary alicyclic amines) is 1. The SMILES string of the molecule is NC(=O)C[C@H](C(=O)O[C@H](CCCl)C(=O)c1ccc(Cl)cc1)N1C(=O)[C@@H]2[C@H](C1=O)C1(Cl)c3ccccc3C2(Cl)c2ccccc21. The highest BCUT2D eigenvalue weighted by molar-refractivity contribution is 6.36. The molecule has 2 N–H and O–H groups in total. The lowest BCUT2D eigenvalue weighted by Gasteiger charge is -2.54. The summed E-state index contributed by atoms with van der Waals surface area (Å²) in [7, 11) is 0. The number of alkyl halides is 3. The van der Waals surface area contributed by atoms with Gasteiger partial charge in [-0.15, -0.1) is 34.8 Å². The third kappa shape index (κ3) is 4.37. The molecule has 0 aromatic heterocycles. The molecule has 3 aromatic carbocycles. The summed E-state index contributed by atoms with van der Waals surface area (Å²) < 4.78 is 5.58. The topological polar surface area (TPSA) is 124 Å². The number of carbonyl (C=O) groups is 5. The van der Waals surface area contributed by atoms with E-state index in [1.807, 2.05) is 0 Å². The van der Waals surface area contributed by atoms with Crippen LogP contribution in [0.15, 0.2) is 72.8 Å². The Bertz CT molecular complexity index is 1610. The van der Waals surface area contributed by atoms with Crippen molar-refractivity contribution in [2.45, 2.75) is 34.7 Å². The molecule has 7 rings (SSSR count). The van der Waals surface area contributed by atoms with Gasteiger partial charge >= 0.3 is 5.97 Å². The molecule has 1 fully saturated rings. The monoisotopic (exact) mass is 672 g/mol. The fourth-order valence-electron chi connectivity index (χ4n) is 6.83. The molecule has 44 heavy (non-hydrogen) atoms. The molecular weight excluding hydrogens is 650 g/mol. The molecule has 0 saturated carbocycles. The minimum Gasteiger partial charge on any atom is -0.452 e. The number of hydrogen-bond acceptors (Lipinski definition) is 6. The van der Waals surface area contributed by atoms with E-state index in [4.69, 9.17) is 56.9 Å². The summed E-state index contributed by atoms with van der Waals surface area (Å²) in [5, 5.41) is 0.397. The summed E-state index contributed by atoms with van der Waals surface area (Å²) in [4.78, 5) is 65.6. The van der Waals surface area contributed by atoms with Gasteiger partial charge < -0.3 is 10.5 Å². The van der Waals surface area contributed by atoms with Gasteiger partial charge in [-0.3, -0.25) is 24.1 Å². The Kier molecular flexibility index (Phi) is 7.77. The summed E-state index contributed by atoms with van der Waals surface area (Å²) in [6.07, 6.45) is -2.20. The number of hydrogen-bond donors (Lipinski definition) is 1. The van der Waals surface area contributed by atoms with Crippen molar-refractivity contribution in [1.82, 2.24) is 4.90 Å². The van der Waals surface area contributed by atoms with E-state index in [9.17, 15) is 24.0 Å². The number of imide groups is 1. The Hall–Kier alpha value is -3.43. The third-order valence-corrected chi connectivity index (χ3v) is 10.4. The van der Waals surface area contributed by atoms with Gasteiger partial charge in [0.1, 0.15) is 15.8 Å². The van der Waals surface area contributed by atoms with Gasteiger partial charge in [0.15, 0.2) is 6.10 Å². The molecule has 3 aliphatic carbocycles. The predicted molar refractivity (Wildman–Crippen MR) is 164 cm³/mol. The number of amides is 3. The lowest BCUT2D eigenvalue weighted by Crippen LogP contribution is -2.57. The van der Waals surface area contributed by atoms with Gasteiger partial charge in [-0.05, 0) is 46.5 Å². The van der Waals surface area contributed by atoms with E-state index in [1.54, 1.807) is 48.5 Å². The van der Waals surface area contributed by atoms with E-state index in [1.165, 1.54) is 24.3 Å². The molecule has 0 spiro atoms. The molecular formula is C32H24Cl4N2O6. The van der Waals surface area contributed by atoms with E-state index in [2.05, 4.69) is 0 Å². The second-order valence-corrected chi connectivity index (χ2v) is 13.0. The molecule has 4 aliphatic rings. The van der Waals surface area contributed by atoms with Crippen LogP contribution in [-0.4, -0.2) is 52.4 Å². The van der Waals surface area contributed by atoms with Crippen LogP contribution in [0.1, 0.15) is 45.5 Å². The van der Waals surface area contributed by atoms with Crippen LogP contribution in [0.2, 0.25) is 5.02 Å². The molecule has 1 heterocycles. The van der Waals surface area contributed by atoms with Crippen LogP contribution < -0.4 is 5.73 Å². The normalized spacial score (nSPS) is 26.0. The maximum absolute atomic E-state index is 14.3. The van der Waals surface area contributed by atoms with E-state index in [-0.39, 0.29) is 17.9 Å². The molecule has 226 valence electrons. The first-order chi connectivity index (χ1) is 21.0. The largest absolute Gasteiger partial charge is 0.452 e. The van der Waals surface area contributed by atoms with Crippen LogP contribution in [0.4, 0.5) is 0 Å². The Labute approximate surface area is 272 Å². The van der Waals surface area contributed by atoms with Crippen LogP contribution in [0, 0.1) is 11.8 Å². The van der Waals surface area contributed by atoms with Crippen LogP contribution in [-0.2, 0) is 33.7 Å². The predicted octanol–water partition coefficient (Wildman–Crippen LogP) is 4.90. The number of Topliss-reactive ketones (excluding diaryl/α,β-unsaturated/α-hetero) is 1. The highest BCUT2D eigenvalue weighted by Crippen LogP contribution is 2.69. The molecule has 12 heteroatoms. The average molecular weight is 674 g/mol. The number of benzene rings is 3. The molecule has 1 saturated heterocycles. The fraction of sp³-hybridized carbons (Fsp3) is 0.281. The van der Waals surface area contributed by atoms with E-state index >= 15 is 0 Å². The number of halogens is 4. The van der Waals surface area contributed by atoms with Crippen molar-refractivity contribution < 1.29 is 28.7 Å². The summed E-state index contributed by atoms with van der Waals surface area (Å²) in [5.41, 5.74) is 7.99. The van der Waals surface area contributed by atoms with E-state index in [0.717, 1.165) is 0 Å². The lowest BCUT2D eigenvalue weighted by molar-refractivity contribution is -0.162. The summed E-state index contributed by atoms with van der Waals surface area (Å²) >= 11 is 26.8. The summed E-state index contributed by atoms with van der Waals surface area (Å²) in [6.45, 7) is 0. The Morgan fingerprint density at radius 2 is 1.27 bits per heavy atom. The number of rotatable bonds is 9. The maximum atomic E-state index is 14.3. The van der Waals surface area contributed by atoms with Crippen LogP contribution in [0.25, 0.3) is 0 Å². The number of esters is 1. The van der Waals surface area contributed by atoms with Crippen molar-refractivity contribution in [3.8, 4) is 0 Å². The maximum Gasteiger partial charge on any atom is 0.330 e. The van der Waals surface area contributed by atoms with Crippen molar-refractivity contribution in [1.29, 1.82) is 0 Å². The number of primary amides is 1. The second kappa shape index (κ2) is 11.2. The molecule has 3 aromatic rings. The van der Waals surface area contributed by atoms with E-state index < -0.39 is 69.6 Å². The molecule has 0 unspecified atom stereocenters. The van der Waals surface area contributed by atoms with Crippen molar-refractivity contribution >= 4 is 75.9 Å². The van der Waals surface area contributed by atoms with Gasteiger partial charge in [0, 0.05) is 22.9 Å². The van der Waals surface area contributed by atoms with Gasteiger partial charge in [0.25, 0.3) is 0 Å². The number of nitrogens with zero attached hydrogens (tertiary/aromatic N) is 1. The zero-order chi connectivity index (χ0) is 31.6. The van der Waals surface area contributed by atoms with Crippen molar-refractivity contribution in [3.05, 3.63) is 106 Å². The second-order valence-electron chi connectivity index (χ2n) is 11.0. The zero-order valence-corrected chi connectivity index (χ0v) is 25.9. The zero-order valence-electron chi connectivity index (χ0n) is 22.8. The Morgan fingerprint density at radius 3 is 1.68 bits per heavy atom. The van der Waals surface area contributed by atoms with Crippen LogP contribution >= 0.6 is 46.4 Å². The fourth-order valence-corrected chi connectivity index (χ4v) is 8.25. The first-order valence-corrected chi connectivity index (χ1v) is 15.4. The quantitative estimate of drug-likeness (QED) is 0.149. The van der Waals surface area contributed by atoms with Gasteiger partial charge in [-0.2, -0.15) is 0 Å². The number of carbonyl (C=O) groups excluding carboxylic acids is 5. The Morgan fingerprint density at radius 1 is 0.818 bits per heavy atom. The van der Waals surface area contributed by atoms with Crippen molar-refractivity contribution in [3.63, 3.8) is 0 Å². The molecule has 0 radical (unpaired) electrons. The molecule has 3 amide bonds. The van der Waals surface area contributed by atoms with Gasteiger partial charge in [0.05, 0.1) is 18.3 Å². The van der Waals surface area contributed by atoms with Crippen LogP contribution in [0.3, 0.4) is 0 Å². The number of ketones is 1. The molecule has 4 atom stereocenters. The minimum atomic E-state index is -1.78. The lowest BCUT2D eigenvalue weighted by atomic mass is 9.54. The molecule has 2 bridgehead atoms. The molecule has 8 nitrogen and oxygen atoms in total. The van der Waals surface area contributed by atoms with Crippen molar-refractivity contribution in [2.75, 3.05) is 5.88 Å². The third-order valence-electron chi connectivity index (χ3n) is 8.65. The standard InChI is InChI=1S/C32H24Cl4N2O6/c33-14-13-23(27(40)16-9-11-17(34)12-10-16)44-30(43)22(15-24(37)39)38-28(41)25-26(29(38)42)32(36)19-6-2-1-5-18(19)31(25,35)20-7-3-4-8-21(20)32/h1-12,22-23,25-26H,13-15H2,(H2,37,39)/t22-,23-,25-,26+,31?,32?/m1/s1. The Balaban J connectivity index is 1.40. The smallest absolute Gasteiger partial charge is 0.330 e.